The topological polar surface area (TPSA) is 99.0 Å². The first-order chi connectivity index (χ1) is 14.1. The Morgan fingerprint density at radius 1 is 1.07 bits per heavy atom. The molecule has 0 saturated heterocycles. The van der Waals surface area contributed by atoms with Crippen LogP contribution in [-0.4, -0.2) is 40.3 Å². The van der Waals surface area contributed by atoms with Crippen molar-refractivity contribution in [3.63, 3.8) is 0 Å². The molecule has 2 heterocycles. The lowest BCUT2D eigenvalue weighted by Gasteiger charge is -2.17. The number of nitrogens with zero attached hydrogens (tertiary/aromatic N) is 4. The van der Waals surface area contributed by atoms with Crippen molar-refractivity contribution in [2.24, 2.45) is 0 Å². The zero-order valence-corrected chi connectivity index (χ0v) is 15.9. The lowest BCUT2D eigenvalue weighted by Crippen LogP contribution is -2.30. The van der Waals surface area contributed by atoms with E-state index in [1.807, 2.05) is 18.2 Å². The van der Waals surface area contributed by atoms with E-state index in [2.05, 4.69) is 15.3 Å². The monoisotopic (exact) mass is 385 g/mol. The molecule has 0 aliphatic carbocycles. The number of benzene rings is 1. The predicted octanol–water partition coefficient (Wildman–Crippen LogP) is 2.92. The van der Waals surface area contributed by atoms with Crippen LogP contribution >= 0.6 is 0 Å². The highest BCUT2D eigenvalue weighted by Crippen LogP contribution is 2.12. The van der Waals surface area contributed by atoms with Gasteiger partial charge in [-0.1, -0.05) is 12.1 Å². The molecule has 0 unspecified atom stereocenters. The summed E-state index contributed by atoms with van der Waals surface area (Å²) in [7, 11) is 1.70. The second-order valence-electron chi connectivity index (χ2n) is 6.39. The van der Waals surface area contributed by atoms with Crippen LogP contribution < -0.4 is 5.32 Å². The summed E-state index contributed by atoms with van der Waals surface area (Å²) in [4.78, 5) is 34.9. The first-order valence-corrected chi connectivity index (χ1v) is 9.00. The zero-order valence-electron chi connectivity index (χ0n) is 15.9. The standard InChI is InChI=1S/C22H19N5O2/c1-27(13-10-16-8-11-24-12-9-16)22(29)20-7-3-6-19(26-20)21(28)25-18-5-2-4-17(14-18)15-23/h2-9,11-12,14H,10,13H2,1H3,(H,25,28). The highest BCUT2D eigenvalue weighted by atomic mass is 16.2. The van der Waals surface area contributed by atoms with Crippen LogP contribution in [-0.2, 0) is 6.42 Å². The van der Waals surface area contributed by atoms with Crippen molar-refractivity contribution in [2.45, 2.75) is 6.42 Å². The number of nitriles is 1. The van der Waals surface area contributed by atoms with Crippen molar-refractivity contribution >= 4 is 17.5 Å². The summed E-state index contributed by atoms with van der Waals surface area (Å²) >= 11 is 0. The minimum absolute atomic E-state index is 0.126. The van der Waals surface area contributed by atoms with Crippen LogP contribution in [0.1, 0.15) is 32.1 Å². The van der Waals surface area contributed by atoms with E-state index >= 15 is 0 Å². The van der Waals surface area contributed by atoms with Crippen LogP contribution in [0.25, 0.3) is 0 Å². The number of carbonyl (C=O) groups is 2. The van der Waals surface area contributed by atoms with Gasteiger partial charge in [-0.3, -0.25) is 14.6 Å². The Labute approximate surface area is 168 Å². The fourth-order valence-electron chi connectivity index (χ4n) is 2.69. The smallest absolute Gasteiger partial charge is 0.274 e. The maximum Gasteiger partial charge on any atom is 0.274 e. The maximum atomic E-state index is 12.7. The van der Waals surface area contributed by atoms with Crippen molar-refractivity contribution in [3.05, 3.63) is 89.5 Å². The number of hydrogen-bond donors (Lipinski definition) is 1. The number of nitrogens with one attached hydrogen (secondary N) is 1. The normalized spacial score (nSPS) is 10.1. The van der Waals surface area contributed by atoms with Gasteiger partial charge < -0.3 is 10.2 Å². The minimum Gasteiger partial charge on any atom is -0.340 e. The van der Waals surface area contributed by atoms with Crippen molar-refractivity contribution in [1.82, 2.24) is 14.9 Å². The molecule has 2 amide bonds. The Bertz CT molecular complexity index is 1060. The molecular weight excluding hydrogens is 366 g/mol. The number of aromatic nitrogens is 2. The van der Waals surface area contributed by atoms with Gasteiger partial charge in [0.05, 0.1) is 11.6 Å². The number of hydrogen-bond acceptors (Lipinski definition) is 5. The lowest BCUT2D eigenvalue weighted by molar-refractivity contribution is 0.0790. The Hall–Kier alpha value is -4.05. The minimum atomic E-state index is -0.450. The molecule has 2 aromatic heterocycles. The zero-order chi connectivity index (χ0) is 20.6. The van der Waals surface area contributed by atoms with Gasteiger partial charge in [0.1, 0.15) is 11.4 Å². The van der Waals surface area contributed by atoms with Gasteiger partial charge in [0.15, 0.2) is 0 Å². The molecule has 3 rings (SSSR count). The predicted molar refractivity (Wildman–Crippen MR) is 108 cm³/mol. The molecule has 0 fully saturated rings. The summed E-state index contributed by atoms with van der Waals surface area (Å²) in [6.45, 7) is 0.516. The molecule has 0 radical (unpaired) electrons. The van der Waals surface area contributed by atoms with Crippen LogP contribution in [0.15, 0.2) is 67.0 Å². The Balaban J connectivity index is 1.66. The van der Waals surface area contributed by atoms with Gasteiger partial charge >= 0.3 is 0 Å². The number of anilines is 1. The van der Waals surface area contributed by atoms with E-state index in [9.17, 15) is 9.59 Å². The average Bonchev–Trinajstić information content (AvgIpc) is 2.77. The van der Waals surface area contributed by atoms with Crippen molar-refractivity contribution in [2.75, 3.05) is 18.9 Å². The number of pyridine rings is 2. The maximum absolute atomic E-state index is 12.7. The first kappa shape index (κ1) is 19.7. The molecule has 7 heteroatoms. The summed E-state index contributed by atoms with van der Waals surface area (Å²) in [6, 6.07) is 17.2. The highest BCUT2D eigenvalue weighted by molar-refractivity contribution is 6.03. The molecule has 3 aromatic rings. The fraction of sp³-hybridized carbons (Fsp3) is 0.136. The summed E-state index contributed by atoms with van der Waals surface area (Å²) in [5.74, 6) is -0.714. The third-order valence-electron chi connectivity index (χ3n) is 4.28. The van der Waals surface area contributed by atoms with E-state index in [0.29, 0.717) is 24.2 Å². The molecule has 0 bridgehead atoms. The molecular formula is C22H19N5O2. The lowest BCUT2D eigenvalue weighted by atomic mass is 10.2. The molecule has 7 nitrogen and oxygen atoms in total. The van der Waals surface area contributed by atoms with Gasteiger partial charge in [-0.2, -0.15) is 5.26 Å². The van der Waals surface area contributed by atoms with Crippen molar-refractivity contribution in [3.8, 4) is 6.07 Å². The Morgan fingerprint density at radius 3 is 2.55 bits per heavy atom. The molecule has 0 aliphatic rings. The van der Waals surface area contributed by atoms with Gasteiger partial charge in [-0.05, 0) is 54.4 Å². The second kappa shape index (κ2) is 9.24. The molecule has 1 N–H and O–H groups in total. The number of carbonyl (C=O) groups excluding carboxylic acids is 2. The van der Waals surface area contributed by atoms with Crippen LogP contribution in [0.2, 0.25) is 0 Å². The first-order valence-electron chi connectivity index (χ1n) is 9.00. The largest absolute Gasteiger partial charge is 0.340 e. The summed E-state index contributed by atoms with van der Waals surface area (Å²) in [5, 5.41) is 11.7. The van der Waals surface area contributed by atoms with E-state index in [-0.39, 0.29) is 17.3 Å². The Morgan fingerprint density at radius 2 is 1.79 bits per heavy atom. The molecule has 29 heavy (non-hydrogen) atoms. The van der Waals surface area contributed by atoms with Crippen molar-refractivity contribution in [1.29, 1.82) is 5.26 Å². The third kappa shape index (κ3) is 5.23. The van der Waals surface area contributed by atoms with E-state index < -0.39 is 5.91 Å². The Kier molecular flexibility index (Phi) is 6.28. The van der Waals surface area contributed by atoms with Crippen LogP contribution in [0.4, 0.5) is 5.69 Å². The molecule has 0 aliphatic heterocycles. The molecule has 1 aromatic carbocycles. The van der Waals surface area contributed by atoms with Gasteiger partial charge in [-0.15, -0.1) is 0 Å². The number of likely N-dealkylation sites (N-methyl/N-ethyl adjacent to an activating group) is 1. The quantitative estimate of drug-likeness (QED) is 0.703. The van der Waals surface area contributed by atoms with Gasteiger partial charge in [0.2, 0.25) is 0 Å². The van der Waals surface area contributed by atoms with Gasteiger partial charge in [0, 0.05) is 31.7 Å². The second-order valence-corrected chi connectivity index (χ2v) is 6.39. The molecule has 0 saturated carbocycles. The number of rotatable bonds is 6. The van der Waals surface area contributed by atoms with E-state index in [1.54, 1.807) is 60.7 Å². The SMILES string of the molecule is CN(CCc1ccncc1)C(=O)c1cccc(C(=O)Nc2cccc(C#N)c2)n1. The van der Waals surface area contributed by atoms with Gasteiger partial charge in [-0.25, -0.2) is 4.98 Å². The van der Waals surface area contributed by atoms with Crippen LogP contribution in [0, 0.1) is 11.3 Å². The number of amides is 2. The van der Waals surface area contributed by atoms with E-state index in [1.165, 1.54) is 6.07 Å². The summed E-state index contributed by atoms with van der Waals surface area (Å²) in [6.07, 6.45) is 4.13. The molecule has 0 atom stereocenters. The molecule has 144 valence electrons. The summed E-state index contributed by atoms with van der Waals surface area (Å²) in [5.41, 5.74) is 2.33. The third-order valence-corrected chi connectivity index (χ3v) is 4.28. The molecule has 0 spiro atoms. The fourth-order valence-corrected chi connectivity index (χ4v) is 2.69. The summed E-state index contributed by atoms with van der Waals surface area (Å²) < 4.78 is 0. The van der Waals surface area contributed by atoms with Crippen molar-refractivity contribution < 1.29 is 9.59 Å². The van der Waals surface area contributed by atoms with E-state index in [4.69, 9.17) is 5.26 Å². The highest BCUT2D eigenvalue weighted by Gasteiger charge is 2.16. The van der Waals surface area contributed by atoms with Gasteiger partial charge in [0.25, 0.3) is 11.8 Å². The average molecular weight is 385 g/mol. The van der Waals surface area contributed by atoms with E-state index in [0.717, 1.165) is 5.56 Å². The van der Waals surface area contributed by atoms with Crippen LogP contribution in [0.5, 0.6) is 0 Å². The van der Waals surface area contributed by atoms with Crippen LogP contribution in [0.3, 0.4) is 0 Å².